The van der Waals surface area contributed by atoms with Gasteiger partial charge in [0.2, 0.25) is 0 Å². The molecule has 0 atom stereocenters. The fraction of sp³-hybridized carbons (Fsp3) is 0.385. The Bertz CT molecular complexity index is 654. The number of hydrogen-bond acceptors (Lipinski definition) is 3. The molecule has 0 aliphatic carbocycles. The molecule has 5 heteroatoms. The van der Waals surface area contributed by atoms with Crippen LogP contribution in [0, 0.1) is 6.92 Å². The number of nitrogens with zero attached hydrogens (tertiary/aromatic N) is 2. The van der Waals surface area contributed by atoms with E-state index in [0.29, 0.717) is 6.47 Å². The van der Waals surface area contributed by atoms with Gasteiger partial charge in [-0.05, 0) is 55.8 Å². The lowest BCUT2D eigenvalue weighted by molar-refractivity contribution is -0.138. The Hall–Kier alpha value is -1.36. The first-order valence-electron chi connectivity index (χ1n) is 5.65. The van der Waals surface area contributed by atoms with E-state index in [1.165, 1.54) is 16.4 Å². The highest BCUT2D eigenvalue weighted by Crippen LogP contribution is 2.36. The van der Waals surface area contributed by atoms with Crippen LogP contribution in [0.4, 0.5) is 0 Å². The number of aryl methyl sites for hydroxylation is 1. The highest BCUT2D eigenvalue weighted by molar-refractivity contribution is 9.10. The number of ether oxygens (including phenoxy) is 1. The van der Waals surface area contributed by atoms with Crippen molar-refractivity contribution in [1.82, 2.24) is 9.61 Å². The Morgan fingerprint density at radius 2 is 2.06 bits per heavy atom. The predicted octanol–water partition coefficient (Wildman–Crippen LogP) is 3.39. The van der Waals surface area contributed by atoms with Gasteiger partial charge in [-0.1, -0.05) is 0 Å². The average molecular weight is 311 g/mol. The van der Waals surface area contributed by atoms with Crippen LogP contribution < -0.4 is 0 Å². The van der Waals surface area contributed by atoms with Crippen LogP contribution in [0.25, 0.3) is 16.4 Å². The molecule has 96 valence electrons. The Morgan fingerprint density at radius 1 is 1.39 bits per heavy atom. The van der Waals surface area contributed by atoms with E-state index in [-0.39, 0.29) is 5.60 Å². The third-order valence-corrected chi connectivity index (χ3v) is 3.20. The maximum atomic E-state index is 9.60. The van der Waals surface area contributed by atoms with E-state index in [9.17, 15) is 4.79 Å². The standard InChI is InChI=1S/C8H5BrN2.C5H10O2/c1-4-7-6-3-2-5(9)8(7)11(6)10-4;1-5(2,3)7-4-6/h2-3H,1H3;4H,1-3H3. The lowest BCUT2D eigenvalue weighted by atomic mass is 10.1. The van der Waals surface area contributed by atoms with Crippen LogP contribution in [0.3, 0.4) is 0 Å². The summed E-state index contributed by atoms with van der Waals surface area (Å²) in [7, 11) is 0. The zero-order valence-electron chi connectivity index (χ0n) is 10.8. The van der Waals surface area contributed by atoms with Crippen LogP contribution in [0.1, 0.15) is 26.5 Å². The van der Waals surface area contributed by atoms with Gasteiger partial charge in [0.15, 0.2) is 0 Å². The molecule has 0 aliphatic heterocycles. The number of carbonyl (C=O) groups is 1. The molecule has 0 unspecified atom stereocenters. The van der Waals surface area contributed by atoms with Crippen LogP contribution in [0.5, 0.6) is 0 Å². The summed E-state index contributed by atoms with van der Waals surface area (Å²) >= 11 is 3.48. The van der Waals surface area contributed by atoms with Gasteiger partial charge in [-0.15, -0.1) is 0 Å². The normalized spacial score (nSPS) is 11.8. The molecule has 4 aromatic heterocycles. The van der Waals surface area contributed by atoms with Crippen molar-refractivity contribution in [1.29, 1.82) is 0 Å². The van der Waals surface area contributed by atoms with Gasteiger partial charge in [-0.2, -0.15) is 5.10 Å². The minimum absolute atomic E-state index is 0.318. The molecule has 4 aromatic rings. The first-order valence-corrected chi connectivity index (χ1v) is 6.44. The minimum Gasteiger partial charge on any atom is -0.462 e. The molecule has 0 amide bonds. The van der Waals surface area contributed by atoms with Gasteiger partial charge in [0.05, 0.1) is 22.1 Å². The van der Waals surface area contributed by atoms with Crippen molar-refractivity contribution in [2.45, 2.75) is 33.3 Å². The summed E-state index contributed by atoms with van der Waals surface area (Å²) in [4.78, 5) is 9.60. The molecule has 0 saturated heterocycles. The molecular weight excluding hydrogens is 296 g/mol. The summed E-state index contributed by atoms with van der Waals surface area (Å²) in [6, 6.07) is 4.16. The topological polar surface area (TPSA) is 43.6 Å². The maximum Gasteiger partial charge on any atom is 0.293 e. The van der Waals surface area contributed by atoms with Crippen LogP contribution in [-0.2, 0) is 9.53 Å². The number of carbonyl (C=O) groups excluding carboxylic acids is 1. The molecular formula is C13H15BrN2O2. The number of hydrogen-bond donors (Lipinski definition) is 0. The lowest BCUT2D eigenvalue weighted by Gasteiger charge is -2.14. The quantitative estimate of drug-likeness (QED) is 0.647. The third kappa shape index (κ3) is 2.14. The molecule has 0 N–H and O–H groups in total. The highest BCUT2D eigenvalue weighted by Gasteiger charge is 2.19. The van der Waals surface area contributed by atoms with Crippen LogP contribution >= 0.6 is 15.9 Å². The van der Waals surface area contributed by atoms with Gasteiger partial charge in [0.1, 0.15) is 5.60 Å². The molecule has 0 saturated carbocycles. The molecule has 4 heterocycles. The number of aromatic nitrogens is 2. The number of rotatable bonds is 1. The van der Waals surface area contributed by atoms with Gasteiger partial charge < -0.3 is 4.74 Å². The largest absolute Gasteiger partial charge is 0.462 e. The van der Waals surface area contributed by atoms with E-state index in [4.69, 9.17) is 0 Å². The van der Waals surface area contributed by atoms with E-state index in [0.717, 1.165) is 10.2 Å². The Labute approximate surface area is 114 Å². The Kier molecular flexibility index (Phi) is 3.19. The van der Waals surface area contributed by atoms with Crippen LogP contribution in [-0.4, -0.2) is 21.7 Å². The van der Waals surface area contributed by atoms with E-state index in [2.05, 4.69) is 37.9 Å². The van der Waals surface area contributed by atoms with Gasteiger partial charge >= 0.3 is 0 Å². The fourth-order valence-electron chi connectivity index (χ4n) is 1.81. The molecule has 18 heavy (non-hydrogen) atoms. The summed E-state index contributed by atoms with van der Waals surface area (Å²) in [5.74, 6) is 0. The monoisotopic (exact) mass is 310 g/mol. The van der Waals surface area contributed by atoms with Gasteiger partial charge in [0, 0.05) is 4.47 Å². The van der Waals surface area contributed by atoms with Gasteiger partial charge in [-0.3, -0.25) is 4.79 Å². The highest BCUT2D eigenvalue weighted by atomic mass is 79.9. The molecule has 0 fully saturated rings. The van der Waals surface area contributed by atoms with Crippen LogP contribution in [0.15, 0.2) is 16.6 Å². The molecule has 4 nitrogen and oxygen atoms in total. The second kappa shape index (κ2) is 4.39. The van der Waals surface area contributed by atoms with E-state index in [1.54, 1.807) is 0 Å². The third-order valence-electron chi connectivity index (χ3n) is 2.56. The number of pyridine rings is 1. The number of fused-ring (bicyclic) bond motifs is 1. The average Bonchev–Trinajstić information content (AvgIpc) is 2.72. The van der Waals surface area contributed by atoms with E-state index < -0.39 is 0 Å². The van der Waals surface area contributed by atoms with E-state index in [1.807, 2.05) is 32.2 Å². The zero-order chi connectivity index (χ0) is 13.5. The first kappa shape index (κ1) is 13.1. The molecule has 0 spiro atoms. The number of halogens is 1. The maximum absolute atomic E-state index is 9.60. The molecule has 4 bridgehead atoms. The lowest BCUT2D eigenvalue weighted by Crippen LogP contribution is -2.17. The number of benzene rings is 1. The first-order chi connectivity index (χ1) is 8.35. The van der Waals surface area contributed by atoms with Gasteiger partial charge in [-0.25, -0.2) is 4.52 Å². The van der Waals surface area contributed by atoms with Crippen molar-refractivity contribution < 1.29 is 9.53 Å². The second-order valence-electron chi connectivity index (χ2n) is 5.11. The molecule has 0 aromatic carbocycles. The summed E-state index contributed by atoms with van der Waals surface area (Å²) in [5, 5.41) is 5.65. The second-order valence-corrected chi connectivity index (χ2v) is 5.97. The Balaban J connectivity index is 0.000000152. The molecule has 0 aliphatic rings. The zero-order valence-corrected chi connectivity index (χ0v) is 12.4. The summed E-state index contributed by atoms with van der Waals surface area (Å²) in [6.45, 7) is 7.96. The van der Waals surface area contributed by atoms with Crippen molar-refractivity contribution >= 4 is 38.8 Å². The predicted molar refractivity (Wildman–Crippen MR) is 74.4 cm³/mol. The smallest absolute Gasteiger partial charge is 0.293 e. The van der Waals surface area contributed by atoms with Crippen molar-refractivity contribution in [3.63, 3.8) is 0 Å². The summed E-state index contributed by atoms with van der Waals surface area (Å²) < 4.78 is 7.67. The summed E-state index contributed by atoms with van der Waals surface area (Å²) in [6.07, 6.45) is 0. The molecule has 0 radical (unpaired) electrons. The Morgan fingerprint density at radius 3 is 2.33 bits per heavy atom. The molecule has 4 rings (SSSR count). The minimum atomic E-state index is -0.318. The SMILES string of the molecule is CC(C)(C)OC=O.Cc1nn2c3ccc(Br)c2c13. The van der Waals surface area contributed by atoms with E-state index >= 15 is 0 Å². The van der Waals surface area contributed by atoms with Crippen molar-refractivity contribution in [2.75, 3.05) is 0 Å². The van der Waals surface area contributed by atoms with Crippen molar-refractivity contribution in [2.24, 2.45) is 0 Å². The fourth-order valence-corrected chi connectivity index (χ4v) is 2.31. The van der Waals surface area contributed by atoms with Crippen molar-refractivity contribution in [3.05, 3.63) is 22.3 Å². The van der Waals surface area contributed by atoms with Crippen LogP contribution in [0.2, 0.25) is 0 Å². The summed E-state index contributed by atoms with van der Waals surface area (Å²) in [5.41, 5.74) is 3.30. The van der Waals surface area contributed by atoms with Crippen molar-refractivity contribution in [3.8, 4) is 0 Å². The van der Waals surface area contributed by atoms with Gasteiger partial charge in [0.25, 0.3) is 6.47 Å².